The van der Waals surface area contributed by atoms with E-state index in [1.807, 2.05) is 13.8 Å². The molecule has 0 aliphatic carbocycles. The summed E-state index contributed by atoms with van der Waals surface area (Å²) in [6.07, 6.45) is 5.19. The van der Waals surface area contributed by atoms with Gasteiger partial charge in [-0.3, -0.25) is 0 Å². The van der Waals surface area contributed by atoms with E-state index >= 15 is 0 Å². The van der Waals surface area contributed by atoms with E-state index in [1.165, 1.54) is 0 Å². The first-order valence-electron chi connectivity index (χ1n) is 6.83. The molecule has 1 aliphatic heterocycles. The van der Waals surface area contributed by atoms with E-state index in [0.717, 1.165) is 25.7 Å². The molecule has 18 heavy (non-hydrogen) atoms. The van der Waals surface area contributed by atoms with Gasteiger partial charge in [-0.15, -0.1) is 0 Å². The molecule has 2 N–H and O–H groups in total. The average Bonchev–Trinajstić information content (AvgIpc) is 2.57. The Morgan fingerprint density at radius 2 is 1.78 bits per heavy atom. The second-order valence-electron chi connectivity index (χ2n) is 5.31. The van der Waals surface area contributed by atoms with E-state index in [2.05, 4.69) is 4.72 Å². The molecule has 1 aliphatic rings. The molecular weight excluding hydrogens is 252 g/mol. The fraction of sp³-hybridized carbons (Fsp3) is 1.00. The van der Waals surface area contributed by atoms with Crippen LogP contribution in [0.4, 0.5) is 0 Å². The maximum absolute atomic E-state index is 12.3. The van der Waals surface area contributed by atoms with E-state index in [1.54, 1.807) is 4.31 Å². The molecule has 1 atom stereocenters. The molecule has 1 saturated heterocycles. The molecular formula is C12H26N2O3S. The third-order valence-electron chi connectivity index (χ3n) is 3.72. The molecule has 0 saturated carbocycles. The highest BCUT2D eigenvalue weighted by Gasteiger charge is 2.31. The first-order chi connectivity index (χ1) is 8.43. The third-order valence-corrected chi connectivity index (χ3v) is 5.52. The zero-order chi connectivity index (χ0) is 13.6. The Kier molecular flexibility index (Phi) is 6.04. The van der Waals surface area contributed by atoms with Crippen molar-refractivity contribution in [1.82, 2.24) is 9.03 Å². The summed E-state index contributed by atoms with van der Waals surface area (Å²) in [7, 11) is -3.43. The molecule has 108 valence electrons. The van der Waals surface area contributed by atoms with E-state index < -0.39 is 15.7 Å². The predicted octanol–water partition coefficient (Wildman–Crippen LogP) is 1.25. The standard InChI is InChI=1S/C12H26N2O3S/c1-3-12(2,8-11-15)13-18(16,17)14-9-6-4-5-7-10-14/h13,15H,3-11H2,1-2H3. The van der Waals surface area contributed by atoms with Crippen molar-refractivity contribution in [2.75, 3.05) is 19.7 Å². The topological polar surface area (TPSA) is 69.6 Å². The fourth-order valence-corrected chi connectivity index (χ4v) is 3.94. The normalized spacial score (nSPS) is 22.4. The van der Waals surface area contributed by atoms with Crippen molar-refractivity contribution in [2.24, 2.45) is 0 Å². The Balaban J connectivity index is 2.72. The maximum Gasteiger partial charge on any atom is 0.279 e. The van der Waals surface area contributed by atoms with Crippen LogP contribution in [0.1, 0.15) is 52.4 Å². The average molecular weight is 278 g/mol. The number of aliphatic hydroxyl groups is 1. The number of nitrogens with zero attached hydrogens (tertiary/aromatic N) is 1. The van der Waals surface area contributed by atoms with Crippen LogP contribution in [0.5, 0.6) is 0 Å². The van der Waals surface area contributed by atoms with Crippen LogP contribution in [-0.2, 0) is 10.2 Å². The molecule has 0 amide bonds. The Bertz CT molecular complexity index is 337. The van der Waals surface area contributed by atoms with Gasteiger partial charge in [-0.05, 0) is 32.6 Å². The number of hydrogen-bond acceptors (Lipinski definition) is 3. The molecule has 0 aromatic carbocycles. The van der Waals surface area contributed by atoms with Gasteiger partial charge in [-0.25, -0.2) is 0 Å². The minimum Gasteiger partial charge on any atom is -0.396 e. The quantitative estimate of drug-likeness (QED) is 0.768. The Hall–Kier alpha value is -0.170. The molecule has 0 aromatic rings. The van der Waals surface area contributed by atoms with Crippen molar-refractivity contribution in [3.05, 3.63) is 0 Å². The van der Waals surface area contributed by atoms with Crippen LogP contribution in [0.2, 0.25) is 0 Å². The van der Waals surface area contributed by atoms with Gasteiger partial charge in [0.2, 0.25) is 0 Å². The van der Waals surface area contributed by atoms with E-state index in [-0.39, 0.29) is 6.61 Å². The molecule has 1 heterocycles. The summed E-state index contributed by atoms with van der Waals surface area (Å²) in [5.74, 6) is 0. The number of aliphatic hydroxyl groups excluding tert-OH is 1. The van der Waals surface area contributed by atoms with Crippen LogP contribution in [0.25, 0.3) is 0 Å². The number of nitrogens with one attached hydrogen (secondary N) is 1. The summed E-state index contributed by atoms with van der Waals surface area (Å²) in [6, 6.07) is 0. The van der Waals surface area contributed by atoms with Gasteiger partial charge in [0.05, 0.1) is 0 Å². The molecule has 1 fully saturated rings. The highest BCUT2D eigenvalue weighted by Crippen LogP contribution is 2.19. The molecule has 1 rings (SSSR count). The Labute approximate surface area is 111 Å². The molecule has 6 heteroatoms. The Morgan fingerprint density at radius 1 is 1.22 bits per heavy atom. The third kappa shape index (κ3) is 4.50. The van der Waals surface area contributed by atoms with Gasteiger partial charge in [0, 0.05) is 25.2 Å². The van der Waals surface area contributed by atoms with Crippen molar-refractivity contribution in [1.29, 1.82) is 0 Å². The van der Waals surface area contributed by atoms with Gasteiger partial charge >= 0.3 is 0 Å². The summed E-state index contributed by atoms with van der Waals surface area (Å²) in [4.78, 5) is 0. The summed E-state index contributed by atoms with van der Waals surface area (Å²) in [5, 5.41) is 9.04. The van der Waals surface area contributed by atoms with Crippen molar-refractivity contribution in [2.45, 2.75) is 57.9 Å². The second kappa shape index (κ2) is 6.84. The van der Waals surface area contributed by atoms with Crippen LogP contribution in [-0.4, -0.2) is 43.1 Å². The summed E-state index contributed by atoms with van der Waals surface area (Å²) in [6.45, 7) is 4.98. The first kappa shape index (κ1) is 15.9. The van der Waals surface area contributed by atoms with Crippen LogP contribution in [0, 0.1) is 0 Å². The molecule has 0 radical (unpaired) electrons. The Morgan fingerprint density at radius 3 is 2.22 bits per heavy atom. The fourth-order valence-electron chi connectivity index (χ4n) is 2.20. The van der Waals surface area contributed by atoms with Gasteiger partial charge < -0.3 is 5.11 Å². The lowest BCUT2D eigenvalue weighted by Gasteiger charge is -2.31. The van der Waals surface area contributed by atoms with Crippen molar-refractivity contribution >= 4 is 10.2 Å². The zero-order valence-electron chi connectivity index (χ0n) is 11.5. The van der Waals surface area contributed by atoms with Crippen molar-refractivity contribution in [3.63, 3.8) is 0 Å². The summed E-state index contributed by atoms with van der Waals surface area (Å²) >= 11 is 0. The molecule has 0 aromatic heterocycles. The lowest BCUT2D eigenvalue weighted by atomic mass is 9.97. The van der Waals surface area contributed by atoms with Crippen molar-refractivity contribution in [3.8, 4) is 0 Å². The van der Waals surface area contributed by atoms with E-state index in [0.29, 0.717) is 25.9 Å². The van der Waals surface area contributed by atoms with Gasteiger partial charge in [0.15, 0.2) is 0 Å². The lowest BCUT2D eigenvalue weighted by molar-refractivity contribution is 0.230. The van der Waals surface area contributed by atoms with Crippen LogP contribution < -0.4 is 4.72 Å². The largest absolute Gasteiger partial charge is 0.396 e. The van der Waals surface area contributed by atoms with Gasteiger partial charge in [0.25, 0.3) is 10.2 Å². The van der Waals surface area contributed by atoms with Crippen molar-refractivity contribution < 1.29 is 13.5 Å². The molecule has 0 spiro atoms. The zero-order valence-corrected chi connectivity index (χ0v) is 12.3. The summed E-state index contributed by atoms with van der Waals surface area (Å²) < 4.78 is 28.9. The maximum atomic E-state index is 12.3. The minimum absolute atomic E-state index is 0.00708. The predicted molar refractivity (Wildman–Crippen MR) is 72.5 cm³/mol. The van der Waals surface area contributed by atoms with E-state index in [4.69, 9.17) is 5.11 Å². The molecule has 5 nitrogen and oxygen atoms in total. The lowest BCUT2D eigenvalue weighted by Crippen LogP contribution is -2.52. The summed E-state index contributed by atoms with van der Waals surface area (Å²) in [5.41, 5.74) is -0.556. The monoisotopic (exact) mass is 278 g/mol. The van der Waals surface area contributed by atoms with Gasteiger partial charge in [-0.1, -0.05) is 19.8 Å². The minimum atomic E-state index is -3.43. The smallest absolute Gasteiger partial charge is 0.279 e. The molecule has 1 unspecified atom stereocenters. The van der Waals surface area contributed by atoms with Gasteiger partial charge in [-0.2, -0.15) is 17.4 Å². The van der Waals surface area contributed by atoms with Crippen LogP contribution >= 0.6 is 0 Å². The molecule has 0 bridgehead atoms. The number of rotatable bonds is 6. The number of hydrogen-bond donors (Lipinski definition) is 2. The second-order valence-corrected chi connectivity index (χ2v) is 6.98. The van der Waals surface area contributed by atoms with Crippen LogP contribution in [0.3, 0.4) is 0 Å². The van der Waals surface area contributed by atoms with Crippen LogP contribution in [0.15, 0.2) is 0 Å². The SMILES string of the molecule is CCC(C)(CCO)NS(=O)(=O)N1CCCCCC1. The van der Waals surface area contributed by atoms with Gasteiger partial charge in [0.1, 0.15) is 0 Å². The first-order valence-corrected chi connectivity index (χ1v) is 8.27. The highest BCUT2D eigenvalue weighted by atomic mass is 32.2. The highest BCUT2D eigenvalue weighted by molar-refractivity contribution is 7.87. The van der Waals surface area contributed by atoms with E-state index in [9.17, 15) is 8.42 Å².